The molecular weight excluding hydrogens is 252 g/mol. The van der Waals surface area contributed by atoms with E-state index in [1.165, 1.54) is 5.56 Å². The van der Waals surface area contributed by atoms with Gasteiger partial charge in [0.1, 0.15) is 0 Å². The van der Waals surface area contributed by atoms with Crippen molar-refractivity contribution >= 4 is 11.9 Å². The van der Waals surface area contributed by atoms with Gasteiger partial charge in [-0.25, -0.2) is 0 Å². The highest BCUT2D eigenvalue weighted by Crippen LogP contribution is 2.26. The molecule has 0 amide bonds. The van der Waals surface area contributed by atoms with Crippen molar-refractivity contribution < 1.29 is 9.47 Å². The zero-order valence-corrected chi connectivity index (χ0v) is 11.9. The van der Waals surface area contributed by atoms with Crippen molar-refractivity contribution in [3.8, 4) is 11.5 Å². The van der Waals surface area contributed by atoms with E-state index < -0.39 is 0 Å². The van der Waals surface area contributed by atoms with Crippen molar-refractivity contribution in [1.82, 2.24) is 0 Å². The second-order valence-electron chi connectivity index (χ2n) is 4.35. The first-order valence-electron chi connectivity index (χ1n) is 6.30. The van der Waals surface area contributed by atoms with E-state index >= 15 is 0 Å². The third-order valence-electron chi connectivity index (χ3n) is 2.83. The minimum absolute atomic E-state index is 0.687. The monoisotopic (exact) mass is 270 g/mol. The third kappa shape index (κ3) is 3.51. The van der Waals surface area contributed by atoms with Crippen LogP contribution < -0.4 is 14.9 Å². The molecule has 2 rings (SSSR count). The SMILES string of the molecule is COc1ccc(/C=N/Nc2cccc(C)c2)cc1OC. The average molecular weight is 270 g/mol. The number of rotatable bonds is 5. The fraction of sp³-hybridized carbons (Fsp3) is 0.188. The fourth-order valence-electron chi connectivity index (χ4n) is 1.83. The summed E-state index contributed by atoms with van der Waals surface area (Å²) in [5, 5.41) is 4.21. The lowest BCUT2D eigenvalue weighted by Gasteiger charge is -2.07. The molecule has 2 aromatic rings. The van der Waals surface area contributed by atoms with Crippen molar-refractivity contribution in [1.29, 1.82) is 0 Å². The molecule has 0 fully saturated rings. The van der Waals surface area contributed by atoms with Crippen molar-refractivity contribution in [3.63, 3.8) is 0 Å². The van der Waals surface area contributed by atoms with Crippen LogP contribution in [0.4, 0.5) is 5.69 Å². The lowest BCUT2D eigenvalue weighted by molar-refractivity contribution is 0.355. The smallest absolute Gasteiger partial charge is 0.161 e. The molecule has 0 spiro atoms. The predicted octanol–water partition coefficient (Wildman–Crippen LogP) is 3.46. The normalized spacial score (nSPS) is 10.6. The Balaban J connectivity index is 2.08. The number of benzene rings is 2. The Bertz CT molecular complexity index is 609. The van der Waals surface area contributed by atoms with Crippen LogP contribution in [0.1, 0.15) is 11.1 Å². The zero-order chi connectivity index (χ0) is 14.4. The van der Waals surface area contributed by atoms with Crippen LogP contribution in [-0.4, -0.2) is 20.4 Å². The highest BCUT2D eigenvalue weighted by Gasteiger charge is 2.02. The van der Waals surface area contributed by atoms with Gasteiger partial charge < -0.3 is 9.47 Å². The summed E-state index contributed by atoms with van der Waals surface area (Å²) in [6.07, 6.45) is 1.74. The molecule has 0 aromatic heterocycles. The van der Waals surface area contributed by atoms with E-state index in [1.807, 2.05) is 49.4 Å². The van der Waals surface area contributed by atoms with Gasteiger partial charge in [0.25, 0.3) is 0 Å². The molecule has 0 heterocycles. The van der Waals surface area contributed by atoms with Gasteiger partial charge >= 0.3 is 0 Å². The Morgan fingerprint density at radius 3 is 2.50 bits per heavy atom. The van der Waals surface area contributed by atoms with Crippen LogP contribution >= 0.6 is 0 Å². The molecule has 4 nitrogen and oxygen atoms in total. The highest BCUT2D eigenvalue weighted by molar-refractivity contribution is 5.81. The standard InChI is InChI=1S/C16H18N2O2/c1-12-5-4-6-14(9-12)18-17-11-13-7-8-15(19-2)16(10-13)20-3/h4-11,18H,1-3H3/b17-11+. The summed E-state index contributed by atoms with van der Waals surface area (Å²) in [4.78, 5) is 0. The quantitative estimate of drug-likeness (QED) is 0.668. The van der Waals surface area contributed by atoms with E-state index in [1.54, 1.807) is 20.4 Å². The number of nitrogens with one attached hydrogen (secondary N) is 1. The molecule has 0 unspecified atom stereocenters. The van der Waals surface area contributed by atoms with E-state index in [0.29, 0.717) is 11.5 Å². The number of ether oxygens (including phenoxy) is 2. The van der Waals surface area contributed by atoms with Crippen LogP contribution in [0.15, 0.2) is 47.6 Å². The maximum absolute atomic E-state index is 5.25. The average Bonchev–Trinajstić information content (AvgIpc) is 2.47. The molecule has 20 heavy (non-hydrogen) atoms. The topological polar surface area (TPSA) is 42.8 Å². The largest absolute Gasteiger partial charge is 0.493 e. The number of anilines is 1. The van der Waals surface area contributed by atoms with Crippen LogP contribution in [0, 0.1) is 6.92 Å². The highest BCUT2D eigenvalue weighted by atomic mass is 16.5. The molecule has 0 atom stereocenters. The molecule has 0 bridgehead atoms. The number of methoxy groups -OCH3 is 2. The number of aryl methyl sites for hydroxylation is 1. The van der Waals surface area contributed by atoms with Crippen molar-refractivity contribution in [3.05, 3.63) is 53.6 Å². The first-order chi connectivity index (χ1) is 9.72. The maximum atomic E-state index is 5.25. The summed E-state index contributed by atoms with van der Waals surface area (Å²) in [5.41, 5.74) is 6.08. The molecule has 0 radical (unpaired) electrons. The van der Waals surface area contributed by atoms with Crippen LogP contribution in [0.25, 0.3) is 0 Å². The molecule has 4 heteroatoms. The predicted molar refractivity (Wildman–Crippen MR) is 81.9 cm³/mol. The maximum Gasteiger partial charge on any atom is 0.161 e. The number of nitrogens with zero attached hydrogens (tertiary/aromatic N) is 1. The van der Waals surface area contributed by atoms with Gasteiger partial charge in [0.05, 0.1) is 26.1 Å². The minimum Gasteiger partial charge on any atom is -0.493 e. The number of hydrazone groups is 1. The Morgan fingerprint density at radius 1 is 1.00 bits per heavy atom. The van der Waals surface area contributed by atoms with Crippen molar-refractivity contribution in [2.45, 2.75) is 6.92 Å². The summed E-state index contributed by atoms with van der Waals surface area (Å²) >= 11 is 0. The van der Waals surface area contributed by atoms with Crippen LogP contribution in [0.3, 0.4) is 0 Å². The van der Waals surface area contributed by atoms with Gasteiger partial charge in [0, 0.05) is 0 Å². The van der Waals surface area contributed by atoms with E-state index in [-0.39, 0.29) is 0 Å². The Kier molecular flexibility index (Phi) is 4.60. The molecular formula is C16H18N2O2. The first-order valence-corrected chi connectivity index (χ1v) is 6.30. The summed E-state index contributed by atoms with van der Waals surface area (Å²) < 4.78 is 10.4. The molecule has 104 valence electrons. The van der Waals surface area contributed by atoms with E-state index in [9.17, 15) is 0 Å². The molecule has 0 saturated heterocycles. The van der Waals surface area contributed by atoms with Gasteiger partial charge in [-0.2, -0.15) is 5.10 Å². The number of hydrogen-bond donors (Lipinski definition) is 1. The molecule has 1 N–H and O–H groups in total. The van der Waals surface area contributed by atoms with Gasteiger partial charge in [-0.3, -0.25) is 5.43 Å². The Labute approximate surface area is 119 Å². The lowest BCUT2D eigenvalue weighted by atomic mass is 10.2. The van der Waals surface area contributed by atoms with Crippen molar-refractivity contribution in [2.24, 2.45) is 5.10 Å². The summed E-state index contributed by atoms with van der Waals surface area (Å²) in [6, 6.07) is 13.7. The van der Waals surface area contributed by atoms with Gasteiger partial charge in [0.15, 0.2) is 11.5 Å². The van der Waals surface area contributed by atoms with Crippen LogP contribution in [0.5, 0.6) is 11.5 Å². The molecule has 0 aliphatic carbocycles. The fourth-order valence-corrected chi connectivity index (χ4v) is 1.83. The van der Waals surface area contributed by atoms with Crippen LogP contribution in [-0.2, 0) is 0 Å². The number of hydrogen-bond acceptors (Lipinski definition) is 4. The third-order valence-corrected chi connectivity index (χ3v) is 2.83. The first kappa shape index (κ1) is 13.9. The van der Waals surface area contributed by atoms with Gasteiger partial charge in [-0.1, -0.05) is 12.1 Å². The van der Waals surface area contributed by atoms with Gasteiger partial charge in [0.2, 0.25) is 0 Å². The Morgan fingerprint density at radius 2 is 1.80 bits per heavy atom. The van der Waals surface area contributed by atoms with E-state index in [2.05, 4.69) is 10.5 Å². The van der Waals surface area contributed by atoms with E-state index in [4.69, 9.17) is 9.47 Å². The summed E-state index contributed by atoms with van der Waals surface area (Å²) in [5.74, 6) is 1.39. The molecule has 0 aliphatic heterocycles. The molecule has 2 aromatic carbocycles. The van der Waals surface area contributed by atoms with Gasteiger partial charge in [-0.15, -0.1) is 0 Å². The van der Waals surface area contributed by atoms with Gasteiger partial charge in [-0.05, 0) is 48.4 Å². The van der Waals surface area contributed by atoms with Crippen molar-refractivity contribution in [2.75, 3.05) is 19.6 Å². The second-order valence-corrected chi connectivity index (χ2v) is 4.35. The molecule has 0 saturated carbocycles. The second kappa shape index (κ2) is 6.61. The minimum atomic E-state index is 0.687. The van der Waals surface area contributed by atoms with E-state index in [0.717, 1.165) is 11.3 Å². The summed E-state index contributed by atoms with van der Waals surface area (Å²) in [6.45, 7) is 2.04. The lowest BCUT2D eigenvalue weighted by Crippen LogP contribution is -1.94. The van der Waals surface area contributed by atoms with Crippen LogP contribution in [0.2, 0.25) is 0 Å². The molecule has 0 aliphatic rings. The Hall–Kier alpha value is -2.49. The summed E-state index contributed by atoms with van der Waals surface area (Å²) in [7, 11) is 3.23. The zero-order valence-electron chi connectivity index (χ0n) is 11.9.